The fraction of sp³-hybridized carbons (Fsp3) is 0.857. The van der Waals surface area contributed by atoms with Crippen LogP contribution in [0, 0.1) is 0 Å². The molecule has 1 atom stereocenters. The maximum Gasteiger partial charge on any atom is 0.139 e. The third-order valence-electron chi connectivity index (χ3n) is 1.91. The van der Waals surface area contributed by atoms with Gasteiger partial charge in [0.15, 0.2) is 0 Å². The summed E-state index contributed by atoms with van der Waals surface area (Å²) in [6.07, 6.45) is 6.70. The lowest BCUT2D eigenvalue weighted by Gasteiger charge is -2.18. The van der Waals surface area contributed by atoms with Crippen molar-refractivity contribution in [3.63, 3.8) is 0 Å². The molecule has 1 nitrogen and oxygen atoms in total. The van der Waals surface area contributed by atoms with Gasteiger partial charge in [0.1, 0.15) is 6.03 Å². The number of hydrogen-bond donors (Lipinski definition) is 0. The lowest BCUT2D eigenvalue weighted by Crippen LogP contribution is -2.05. The number of hydrogen-bond acceptors (Lipinski definition) is 1. The van der Waals surface area contributed by atoms with Crippen molar-refractivity contribution in [2.75, 3.05) is 0 Å². The van der Waals surface area contributed by atoms with Gasteiger partial charge in [-0.05, 0) is 18.5 Å². The molecule has 9 heavy (non-hydrogen) atoms. The van der Waals surface area contributed by atoms with Crippen LogP contribution < -0.4 is 0 Å². The molecule has 0 heterocycles. The topological polar surface area (TPSA) is 17.1 Å². The molecule has 0 bridgehead atoms. The molecule has 1 saturated carbocycles. The van der Waals surface area contributed by atoms with Crippen LogP contribution in [0.2, 0.25) is 0 Å². The van der Waals surface area contributed by atoms with E-state index in [1.54, 1.807) is 0 Å². The molecule has 1 aliphatic rings. The zero-order chi connectivity index (χ0) is 6.53. The molecule has 0 aromatic rings. The number of carbonyl (C=O) groups excluding carboxylic acids is 1. The molecule has 0 amide bonds. The van der Waals surface area contributed by atoms with Crippen molar-refractivity contribution in [2.45, 2.75) is 37.8 Å². The highest BCUT2D eigenvalue weighted by Crippen LogP contribution is 2.30. The average Bonchev–Trinajstić information content (AvgIpc) is 1.91. The zero-order valence-corrected chi connectivity index (χ0v) is 6.60. The first-order valence-corrected chi connectivity index (χ1v) is 4.78. The predicted octanol–water partition coefficient (Wildman–Crippen LogP) is 2.19. The number of carbonyl (C=O) groups is 1. The summed E-state index contributed by atoms with van der Waals surface area (Å²) in [5.41, 5.74) is 0.760. The van der Waals surface area contributed by atoms with Crippen molar-refractivity contribution < 1.29 is 4.79 Å². The largest absolute Gasteiger partial charge is 0.299 e. The van der Waals surface area contributed by atoms with Gasteiger partial charge in [-0.15, -0.1) is 0 Å². The Bertz CT molecular complexity index is 86.9. The first-order valence-electron chi connectivity index (χ1n) is 3.63. The van der Waals surface area contributed by atoms with Gasteiger partial charge in [0.25, 0.3) is 0 Å². The quantitative estimate of drug-likeness (QED) is 0.429. The van der Waals surface area contributed by atoms with Gasteiger partial charge in [-0.25, -0.2) is 0 Å². The van der Waals surface area contributed by atoms with E-state index < -0.39 is 0 Å². The minimum Gasteiger partial charge on any atom is -0.299 e. The van der Waals surface area contributed by atoms with Gasteiger partial charge in [0.05, 0.1) is 0 Å². The summed E-state index contributed by atoms with van der Waals surface area (Å²) in [5.74, 6) is 0. The lowest BCUT2D eigenvalue weighted by atomic mass is 10.0. The Labute approximate surface area is 58.0 Å². The molecular formula is C7H13OP. The van der Waals surface area contributed by atoms with Gasteiger partial charge >= 0.3 is 0 Å². The van der Waals surface area contributed by atoms with Crippen molar-refractivity contribution in [3.05, 3.63) is 0 Å². The standard InChI is InChI=1S/C7H13OP/c8-6-9-7-4-2-1-3-5-7/h6-7,9H,1-5H2. The summed E-state index contributed by atoms with van der Waals surface area (Å²) < 4.78 is 0. The normalized spacial score (nSPS) is 23.1. The maximum atomic E-state index is 10.1. The number of rotatable bonds is 2. The van der Waals surface area contributed by atoms with Crippen molar-refractivity contribution >= 4 is 14.6 Å². The second kappa shape index (κ2) is 4.00. The van der Waals surface area contributed by atoms with E-state index in [1.807, 2.05) is 0 Å². The molecule has 2 heteroatoms. The van der Waals surface area contributed by atoms with Crippen LogP contribution in [-0.2, 0) is 4.79 Å². The second-order valence-corrected chi connectivity index (χ2v) is 4.00. The molecule has 1 rings (SSSR count). The minimum absolute atomic E-state index is 0.584. The maximum absolute atomic E-state index is 10.1. The molecule has 0 spiro atoms. The third-order valence-corrected chi connectivity index (χ3v) is 3.09. The Kier molecular flexibility index (Phi) is 3.21. The van der Waals surface area contributed by atoms with Crippen LogP contribution >= 0.6 is 8.58 Å². The van der Waals surface area contributed by atoms with Crippen LogP contribution in [-0.4, -0.2) is 11.7 Å². The van der Waals surface area contributed by atoms with Gasteiger partial charge in [-0.1, -0.05) is 27.8 Å². The van der Waals surface area contributed by atoms with Crippen molar-refractivity contribution in [3.8, 4) is 0 Å². The summed E-state index contributed by atoms with van der Waals surface area (Å²) in [6, 6.07) is 1.09. The Hall–Kier alpha value is 0.100. The molecule has 0 aliphatic heterocycles. The van der Waals surface area contributed by atoms with Gasteiger partial charge < -0.3 is 0 Å². The third kappa shape index (κ3) is 2.45. The van der Waals surface area contributed by atoms with E-state index in [0.29, 0.717) is 8.58 Å². The van der Waals surface area contributed by atoms with Crippen LogP contribution in [0.25, 0.3) is 0 Å². The molecular weight excluding hydrogens is 131 g/mol. The van der Waals surface area contributed by atoms with Crippen molar-refractivity contribution in [2.24, 2.45) is 0 Å². The SMILES string of the molecule is O=CPC1CCCCC1. The molecule has 0 aromatic carbocycles. The van der Waals surface area contributed by atoms with Crippen molar-refractivity contribution in [1.82, 2.24) is 0 Å². The van der Waals surface area contributed by atoms with Gasteiger partial charge in [0.2, 0.25) is 0 Å². The Morgan fingerprint density at radius 3 is 2.44 bits per heavy atom. The van der Waals surface area contributed by atoms with Crippen LogP contribution in [0.4, 0.5) is 0 Å². The smallest absolute Gasteiger partial charge is 0.139 e. The first kappa shape index (κ1) is 7.21. The summed E-state index contributed by atoms with van der Waals surface area (Å²) in [4.78, 5) is 10.1. The fourth-order valence-corrected chi connectivity index (χ4v) is 2.30. The van der Waals surface area contributed by atoms with E-state index in [4.69, 9.17) is 0 Å². The van der Waals surface area contributed by atoms with Crippen LogP contribution in [0.15, 0.2) is 0 Å². The predicted molar refractivity (Wildman–Crippen MR) is 41.9 cm³/mol. The summed E-state index contributed by atoms with van der Waals surface area (Å²) in [6.45, 7) is 0. The Morgan fingerprint density at radius 1 is 1.22 bits per heavy atom. The summed E-state index contributed by atoms with van der Waals surface area (Å²) in [7, 11) is 0.584. The Balaban J connectivity index is 2.15. The highest BCUT2D eigenvalue weighted by Gasteiger charge is 2.11. The van der Waals surface area contributed by atoms with Gasteiger partial charge in [0, 0.05) is 0 Å². The molecule has 1 aliphatic carbocycles. The molecule has 0 aromatic heterocycles. The van der Waals surface area contributed by atoms with Crippen LogP contribution in [0.3, 0.4) is 0 Å². The van der Waals surface area contributed by atoms with E-state index in [2.05, 4.69) is 0 Å². The highest BCUT2D eigenvalue weighted by molar-refractivity contribution is 7.55. The molecule has 1 fully saturated rings. The van der Waals surface area contributed by atoms with Gasteiger partial charge in [-0.2, -0.15) is 0 Å². The van der Waals surface area contributed by atoms with Gasteiger partial charge in [-0.3, -0.25) is 4.79 Å². The molecule has 0 radical (unpaired) electrons. The fourth-order valence-electron chi connectivity index (χ4n) is 1.37. The van der Waals surface area contributed by atoms with Crippen molar-refractivity contribution in [1.29, 1.82) is 0 Å². The lowest BCUT2D eigenvalue weighted by molar-refractivity contribution is 0.513. The molecule has 1 unspecified atom stereocenters. The van der Waals surface area contributed by atoms with E-state index in [9.17, 15) is 4.79 Å². The van der Waals surface area contributed by atoms with Crippen LogP contribution in [0.5, 0.6) is 0 Å². The molecule has 0 N–H and O–H groups in total. The van der Waals surface area contributed by atoms with Crippen LogP contribution in [0.1, 0.15) is 32.1 Å². The summed E-state index contributed by atoms with van der Waals surface area (Å²) >= 11 is 0. The first-order chi connectivity index (χ1) is 4.43. The van der Waals surface area contributed by atoms with E-state index >= 15 is 0 Å². The summed E-state index contributed by atoms with van der Waals surface area (Å²) in [5, 5.41) is 0. The second-order valence-electron chi connectivity index (χ2n) is 2.62. The average molecular weight is 144 g/mol. The monoisotopic (exact) mass is 144 g/mol. The highest BCUT2D eigenvalue weighted by atomic mass is 31.1. The zero-order valence-electron chi connectivity index (χ0n) is 5.60. The van der Waals surface area contributed by atoms with E-state index in [0.717, 1.165) is 11.7 Å². The minimum atomic E-state index is 0.584. The molecule has 52 valence electrons. The van der Waals surface area contributed by atoms with E-state index in [-0.39, 0.29) is 0 Å². The Morgan fingerprint density at radius 2 is 1.89 bits per heavy atom. The molecule has 0 saturated heterocycles. The van der Waals surface area contributed by atoms with E-state index in [1.165, 1.54) is 32.1 Å².